The van der Waals surface area contributed by atoms with Crippen LogP contribution in [0.2, 0.25) is 0 Å². The van der Waals surface area contributed by atoms with Crippen LogP contribution < -0.4 is 0 Å². The van der Waals surface area contributed by atoms with Gasteiger partial charge in [-0.1, -0.05) is 30.3 Å². The molecule has 0 fully saturated rings. The molecule has 0 spiro atoms. The fourth-order valence-electron chi connectivity index (χ4n) is 1.07. The lowest BCUT2D eigenvalue weighted by Crippen LogP contribution is -2.18. The number of aliphatic carboxylic acids is 1. The fraction of sp³-hybridized carbons (Fsp3) is 0.300. The first-order valence-corrected chi connectivity index (χ1v) is 4.08. The molecule has 0 aliphatic heterocycles. The largest absolute Gasteiger partial charge is 0.481 e. The smallest absolute Gasteiger partial charge is 0.309 e. The Bertz CT molecular complexity index is 281. The van der Waals surface area contributed by atoms with Gasteiger partial charge in [-0.15, -0.1) is 0 Å². The summed E-state index contributed by atoms with van der Waals surface area (Å²) in [6.45, 7) is 1.49. The number of hydrogen-bond acceptors (Lipinski definition) is 2. The first-order chi connectivity index (χ1) is 6.13. The molecular formula is C10H12O3. The van der Waals surface area contributed by atoms with Gasteiger partial charge < -0.3 is 10.2 Å². The molecular weight excluding hydrogens is 168 g/mol. The number of carbonyl (C=O) groups is 1. The van der Waals surface area contributed by atoms with Gasteiger partial charge in [0.15, 0.2) is 0 Å². The molecule has 0 amide bonds. The zero-order valence-electron chi connectivity index (χ0n) is 7.34. The van der Waals surface area contributed by atoms with Gasteiger partial charge in [0.05, 0.1) is 12.0 Å². The Morgan fingerprint density at radius 2 is 1.85 bits per heavy atom. The van der Waals surface area contributed by atoms with Crippen LogP contribution >= 0.6 is 0 Å². The molecule has 1 aromatic carbocycles. The molecule has 0 heterocycles. The predicted molar refractivity (Wildman–Crippen MR) is 48.2 cm³/mol. The van der Waals surface area contributed by atoms with Gasteiger partial charge >= 0.3 is 5.97 Å². The lowest BCUT2D eigenvalue weighted by molar-refractivity contribution is -0.145. The van der Waals surface area contributed by atoms with Crippen LogP contribution in [0.5, 0.6) is 0 Å². The van der Waals surface area contributed by atoms with Crippen LogP contribution in [0.4, 0.5) is 0 Å². The van der Waals surface area contributed by atoms with Crippen molar-refractivity contribution >= 4 is 5.97 Å². The van der Waals surface area contributed by atoms with Gasteiger partial charge in [-0.25, -0.2) is 0 Å². The molecule has 70 valence electrons. The van der Waals surface area contributed by atoms with Crippen molar-refractivity contribution in [1.82, 2.24) is 0 Å². The second kappa shape index (κ2) is 4.05. The summed E-state index contributed by atoms with van der Waals surface area (Å²) in [4.78, 5) is 10.6. The summed E-state index contributed by atoms with van der Waals surface area (Å²) < 4.78 is 0. The lowest BCUT2D eigenvalue weighted by atomic mass is 9.98. The summed E-state index contributed by atoms with van der Waals surface area (Å²) >= 11 is 0. The Kier molecular flexibility index (Phi) is 3.03. The van der Waals surface area contributed by atoms with E-state index >= 15 is 0 Å². The van der Waals surface area contributed by atoms with Crippen molar-refractivity contribution in [2.75, 3.05) is 0 Å². The molecule has 0 saturated carbocycles. The van der Waals surface area contributed by atoms with Crippen molar-refractivity contribution < 1.29 is 15.0 Å². The van der Waals surface area contributed by atoms with E-state index in [1.807, 2.05) is 6.07 Å². The maximum atomic E-state index is 10.6. The van der Waals surface area contributed by atoms with Crippen LogP contribution in [0.15, 0.2) is 30.3 Å². The standard InChI is InChI=1S/C10H12O3/c1-7(10(12)13)9(11)8-5-3-2-4-6-8/h2-7,9,11H,1H3,(H,12,13)/t7-,9+/m0/s1. The van der Waals surface area contributed by atoms with Crippen LogP contribution in [0.3, 0.4) is 0 Å². The highest BCUT2D eigenvalue weighted by Gasteiger charge is 2.22. The number of aliphatic hydroxyl groups is 1. The average Bonchev–Trinajstić information content (AvgIpc) is 2.17. The Morgan fingerprint density at radius 1 is 1.31 bits per heavy atom. The molecule has 1 aromatic rings. The fourth-order valence-corrected chi connectivity index (χ4v) is 1.07. The third-order valence-electron chi connectivity index (χ3n) is 2.00. The number of carboxylic acids is 1. The minimum absolute atomic E-state index is 0.636. The minimum atomic E-state index is -0.989. The highest BCUT2D eigenvalue weighted by Crippen LogP contribution is 2.21. The molecule has 0 aliphatic carbocycles. The summed E-state index contributed by atoms with van der Waals surface area (Å²) in [6.07, 6.45) is -0.932. The van der Waals surface area contributed by atoms with Crippen molar-refractivity contribution in [3.8, 4) is 0 Å². The zero-order chi connectivity index (χ0) is 9.84. The highest BCUT2D eigenvalue weighted by atomic mass is 16.4. The zero-order valence-corrected chi connectivity index (χ0v) is 7.34. The number of carboxylic acid groups (broad SMARTS) is 1. The van der Waals surface area contributed by atoms with E-state index in [4.69, 9.17) is 5.11 Å². The van der Waals surface area contributed by atoms with Crippen molar-refractivity contribution in [3.05, 3.63) is 35.9 Å². The monoisotopic (exact) mass is 180 g/mol. The summed E-state index contributed by atoms with van der Waals surface area (Å²) in [5.74, 6) is -1.77. The van der Waals surface area contributed by atoms with E-state index < -0.39 is 18.0 Å². The molecule has 0 radical (unpaired) electrons. The number of hydrogen-bond donors (Lipinski definition) is 2. The maximum absolute atomic E-state index is 10.6. The summed E-state index contributed by atoms with van der Waals surface area (Å²) in [5.41, 5.74) is 0.636. The van der Waals surface area contributed by atoms with Crippen LogP contribution in [-0.2, 0) is 4.79 Å². The quantitative estimate of drug-likeness (QED) is 0.740. The third kappa shape index (κ3) is 2.29. The molecule has 2 N–H and O–H groups in total. The molecule has 1 rings (SSSR count). The van der Waals surface area contributed by atoms with Gasteiger partial charge in [-0.3, -0.25) is 4.79 Å². The topological polar surface area (TPSA) is 57.5 Å². The van der Waals surface area contributed by atoms with E-state index in [0.29, 0.717) is 5.56 Å². The minimum Gasteiger partial charge on any atom is -0.481 e. The van der Waals surface area contributed by atoms with Gasteiger partial charge in [-0.2, -0.15) is 0 Å². The van der Waals surface area contributed by atoms with Crippen molar-refractivity contribution in [2.24, 2.45) is 5.92 Å². The average molecular weight is 180 g/mol. The Hall–Kier alpha value is -1.35. The van der Waals surface area contributed by atoms with Crippen molar-refractivity contribution in [2.45, 2.75) is 13.0 Å². The lowest BCUT2D eigenvalue weighted by Gasteiger charge is -2.14. The van der Waals surface area contributed by atoms with Crippen LogP contribution in [0.1, 0.15) is 18.6 Å². The number of rotatable bonds is 3. The second-order valence-electron chi connectivity index (χ2n) is 2.98. The van der Waals surface area contributed by atoms with E-state index in [0.717, 1.165) is 0 Å². The first-order valence-electron chi connectivity index (χ1n) is 4.08. The van der Waals surface area contributed by atoms with E-state index in [1.54, 1.807) is 24.3 Å². The molecule has 3 nitrogen and oxygen atoms in total. The van der Waals surface area contributed by atoms with E-state index in [-0.39, 0.29) is 0 Å². The molecule has 0 aromatic heterocycles. The van der Waals surface area contributed by atoms with Gasteiger partial charge in [-0.05, 0) is 12.5 Å². The molecule has 13 heavy (non-hydrogen) atoms. The normalized spacial score (nSPS) is 14.9. The second-order valence-corrected chi connectivity index (χ2v) is 2.98. The molecule has 0 unspecified atom stereocenters. The SMILES string of the molecule is C[C@H](C(=O)O)[C@@H](O)c1ccccc1. The highest BCUT2D eigenvalue weighted by molar-refractivity contribution is 5.70. The van der Waals surface area contributed by atoms with Gasteiger partial charge in [0.1, 0.15) is 0 Å². The molecule has 2 atom stereocenters. The van der Waals surface area contributed by atoms with Crippen LogP contribution in [0, 0.1) is 5.92 Å². The summed E-state index contributed by atoms with van der Waals surface area (Å²) in [7, 11) is 0. The number of aliphatic hydroxyl groups excluding tert-OH is 1. The molecule has 0 aliphatic rings. The number of benzene rings is 1. The third-order valence-corrected chi connectivity index (χ3v) is 2.00. The van der Waals surface area contributed by atoms with E-state index in [2.05, 4.69) is 0 Å². The van der Waals surface area contributed by atoms with Gasteiger partial charge in [0.25, 0.3) is 0 Å². The molecule has 0 bridgehead atoms. The summed E-state index contributed by atoms with van der Waals surface area (Å²) in [5, 5.41) is 18.2. The summed E-state index contributed by atoms with van der Waals surface area (Å²) in [6, 6.07) is 8.79. The van der Waals surface area contributed by atoms with Crippen LogP contribution in [0.25, 0.3) is 0 Å². The van der Waals surface area contributed by atoms with Gasteiger partial charge in [0.2, 0.25) is 0 Å². The molecule has 3 heteroatoms. The Morgan fingerprint density at radius 3 is 2.31 bits per heavy atom. The molecule has 0 saturated heterocycles. The van der Waals surface area contributed by atoms with E-state index in [9.17, 15) is 9.90 Å². The van der Waals surface area contributed by atoms with Crippen molar-refractivity contribution in [3.63, 3.8) is 0 Å². The Labute approximate surface area is 76.6 Å². The van der Waals surface area contributed by atoms with Crippen LogP contribution in [-0.4, -0.2) is 16.2 Å². The van der Waals surface area contributed by atoms with E-state index in [1.165, 1.54) is 6.92 Å². The predicted octanol–water partition coefficient (Wildman–Crippen LogP) is 1.44. The van der Waals surface area contributed by atoms with Crippen molar-refractivity contribution in [1.29, 1.82) is 0 Å². The van der Waals surface area contributed by atoms with Gasteiger partial charge in [0, 0.05) is 0 Å². The maximum Gasteiger partial charge on any atom is 0.309 e. The Balaban J connectivity index is 2.79. The first kappa shape index (κ1) is 9.74.